The molecule has 0 bridgehead atoms. The molecule has 0 atom stereocenters. The number of hydrogen-bond donors (Lipinski definition) is 1. The van der Waals surface area contributed by atoms with E-state index in [2.05, 4.69) is 31.2 Å². The second-order valence-electron chi connectivity index (χ2n) is 5.61. The van der Waals surface area contributed by atoms with Crippen LogP contribution in [0, 0.1) is 5.92 Å². The van der Waals surface area contributed by atoms with E-state index in [1.165, 1.54) is 6.33 Å². The van der Waals surface area contributed by atoms with E-state index >= 15 is 0 Å². The maximum atomic E-state index is 11.7. The molecule has 0 aliphatic rings. The molecule has 3 aromatic rings. The summed E-state index contributed by atoms with van der Waals surface area (Å²) in [4.78, 5) is 20.3. The zero-order valence-electron chi connectivity index (χ0n) is 13.3. The van der Waals surface area contributed by atoms with E-state index in [0.717, 1.165) is 21.1 Å². The number of carbonyl (C=O) groups is 1. The van der Waals surface area contributed by atoms with E-state index in [1.54, 1.807) is 26.0 Å². The third-order valence-corrected chi connectivity index (χ3v) is 3.88. The van der Waals surface area contributed by atoms with E-state index in [1.807, 2.05) is 30.3 Å². The van der Waals surface area contributed by atoms with Crippen LogP contribution in [0.3, 0.4) is 0 Å². The largest absolute Gasteiger partial charge is 0.426 e. The lowest BCUT2D eigenvalue weighted by Crippen LogP contribution is -2.14. The van der Waals surface area contributed by atoms with E-state index in [-0.39, 0.29) is 11.9 Å². The van der Waals surface area contributed by atoms with Gasteiger partial charge in [-0.25, -0.2) is 9.97 Å². The van der Waals surface area contributed by atoms with Crippen molar-refractivity contribution in [1.29, 1.82) is 0 Å². The van der Waals surface area contributed by atoms with Crippen molar-refractivity contribution < 1.29 is 9.53 Å². The molecule has 1 N–H and O–H groups in total. The fourth-order valence-corrected chi connectivity index (χ4v) is 2.50. The zero-order valence-corrected chi connectivity index (χ0v) is 14.9. The molecule has 1 heterocycles. The lowest BCUT2D eigenvalue weighted by atomic mass is 10.2. The fraction of sp³-hybridized carbons (Fsp3) is 0.167. The molecule has 0 spiro atoms. The minimum atomic E-state index is -0.261. The highest BCUT2D eigenvalue weighted by molar-refractivity contribution is 9.10. The van der Waals surface area contributed by atoms with Crippen LogP contribution >= 0.6 is 15.9 Å². The van der Waals surface area contributed by atoms with Crippen LogP contribution in [0.1, 0.15) is 13.8 Å². The summed E-state index contributed by atoms with van der Waals surface area (Å²) in [6.45, 7) is 3.60. The number of carbonyl (C=O) groups excluding carboxylic acids is 1. The predicted octanol–water partition coefficient (Wildman–Crippen LogP) is 4.70. The van der Waals surface area contributed by atoms with Gasteiger partial charge in [0.1, 0.15) is 17.9 Å². The van der Waals surface area contributed by atoms with Crippen molar-refractivity contribution in [2.75, 3.05) is 5.32 Å². The number of anilines is 2. The Morgan fingerprint density at radius 1 is 1.17 bits per heavy atom. The monoisotopic (exact) mass is 385 g/mol. The second kappa shape index (κ2) is 6.97. The Morgan fingerprint density at radius 3 is 2.79 bits per heavy atom. The molecule has 122 valence electrons. The molecule has 0 unspecified atom stereocenters. The zero-order chi connectivity index (χ0) is 17.1. The van der Waals surface area contributed by atoms with Crippen molar-refractivity contribution in [3.63, 3.8) is 0 Å². The van der Waals surface area contributed by atoms with Gasteiger partial charge in [-0.15, -0.1) is 0 Å². The molecule has 0 radical (unpaired) electrons. The summed E-state index contributed by atoms with van der Waals surface area (Å²) in [6.07, 6.45) is 1.52. The molecule has 0 aliphatic carbocycles. The van der Waals surface area contributed by atoms with Crippen molar-refractivity contribution in [3.05, 3.63) is 53.3 Å². The van der Waals surface area contributed by atoms with Crippen LogP contribution in [0.2, 0.25) is 0 Å². The van der Waals surface area contributed by atoms with Gasteiger partial charge in [0.15, 0.2) is 0 Å². The third-order valence-electron chi connectivity index (χ3n) is 3.38. The fourth-order valence-electron chi connectivity index (χ4n) is 2.14. The molecule has 6 heteroatoms. The van der Waals surface area contributed by atoms with Gasteiger partial charge in [0.25, 0.3) is 0 Å². The van der Waals surface area contributed by atoms with E-state index in [0.29, 0.717) is 11.6 Å². The molecular formula is C18H16BrN3O2. The number of hydrogen-bond acceptors (Lipinski definition) is 5. The Morgan fingerprint density at radius 2 is 2.00 bits per heavy atom. The van der Waals surface area contributed by atoms with Gasteiger partial charge in [0.2, 0.25) is 0 Å². The summed E-state index contributed by atoms with van der Waals surface area (Å²) in [7, 11) is 0. The second-order valence-corrected chi connectivity index (χ2v) is 6.53. The van der Waals surface area contributed by atoms with Crippen LogP contribution in [0.25, 0.3) is 10.9 Å². The van der Waals surface area contributed by atoms with Crippen molar-refractivity contribution in [2.24, 2.45) is 5.92 Å². The molecule has 5 nitrogen and oxygen atoms in total. The van der Waals surface area contributed by atoms with Crippen molar-refractivity contribution >= 4 is 44.3 Å². The lowest BCUT2D eigenvalue weighted by Gasteiger charge is -2.11. The number of fused-ring (bicyclic) bond motifs is 1. The van der Waals surface area contributed by atoms with Gasteiger partial charge in [-0.05, 0) is 30.3 Å². The molecule has 3 rings (SSSR count). The van der Waals surface area contributed by atoms with Crippen molar-refractivity contribution in [3.8, 4) is 5.75 Å². The average Bonchev–Trinajstić information content (AvgIpc) is 2.55. The van der Waals surface area contributed by atoms with Crippen LogP contribution in [0.4, 0.5) is 11.5 Å². The number of benzene rings is 2. The van der Waals surface area contributed by atoms with Crippen molar-refractivity contribution in [1.82, 2.24) is 9.97 Å². The van der Waals surface area contributed by atoms with Gasteiger partial charge in [-0.3, -0.25) is 4.79 Å². The first-order valence-corrected chi connectivity index (χ1v) is 8.31. The number of rotatable bonds is 4. The van der Waals surface area contributed by atoms with Gasteiger partial charge in [-0.1, -0.05) is 35.8 Å². The van der Waals surface area contributed by atoms with Gasteiger partial charge in [0, 0.05) is 21.6 Å². The van der Waals surface area contributed by atoms with Gasteiger partial charge < -0.3 is 10.1 Å². The smallest absolute Gasteiger partial charge is 0.313 e. The van der Waals surface area contributed by atoms with E-state index < -0.39 is 0 Å². The Balaban J connectivity index is 1.89. The van der Waals surface area contributed by atoms with E-state index in [4.69, 9.17) is 4.74 Å². The molecule has 0 fully saturated rings. The molecule has 24 heavy (non-hydrogen) atoms. The molecular weight excluding hydrogens is 370 g/mol. The van der Waals surface area contributed by atoms with Crippen molar-refractivity contribution in [2.45, 2.75) is 13.8 Å². The standard InChI is InChI=1S/C18H16BrN3O2/c1-11(2)18(23)24-14-5-3-4-13(9-14)22-17-15-8-12(19)6-7-16(15)20-10-21-17/h3-11H,1-2H3,(H,20,21,22). The molecule has 2 aromatic carbocycles. The molecule has 0 saturated carbocycles. The Bertz CT molecular complexity index is 896. The number of ether oxygens (including phenoxy) is 1. The first-order valence-electron chi connectivity index (χ1n) is 7.52. The minimum absolute atomic E-state index is 0.176. The Labute approximate surface area is 148 Å². The quantitative estimate of drug-likeness (QED) is 0.520. The first-order chi connectivity index (χ1) is 11.5. The highest BCUT2D eigenvalue weighted by Crippen LogP contribution is 2.27. The van der Waals surface area contributed by atoms with Crippen LogP contribution in [0.5, 0.6) is 5.75 Å². The number of aromatic nitrogens is 2. The molecule has 0 amide bonds. The summed E-state index contributed by atoms with van der Waals surface area (Å²) in [5.74, 6) is 0.750. The van der Waals surface area contributed by atoms with Gasteiger partial charge in [-0.2, -0.15) is 0 Å². The third kappa shape index (κ3) is 3.71. The maximum Gasteiger partial charge on any atom is 0.313 e. The summed E-state index contributed by atoms with van der Waals surface area (Å²) in [5.41, 5.74) is 1.63. The molecule has 0 aliphatic heterocycles. The SMILES string of the molecule is CC(C)C(=O)Oc1cccc(Nc2ncnc3ccc(Br)cc23)c1. The number of nitrogens with zero attached hydrogens (tertiary/aromatic N) is 2. The summed E-state index contributed by atoms with van der Waals surface area (Å²) >= 11 is 3.46. The van der Waals surface area contributed by atoms with Crippen LogP contribution in [-0.4, -0.2) is 15.9 Å². The van der Waals surface area contributed by atoms with Gasteiger partial charge >= 0.3 is 5.97 Å². The van der Waals surface area contributed by atoms with Crippen LogP contribution in [-0.2, 0) is 4.79 Å². The number of esters is 1. The average molecular weight is 386 g/mol. The summed E-state index contributed by atoms with van der Waals surface area (Å²) in [6, 6.07) is 13.0. The lowest BCUT2D eigenvalue weighted by molar-refractivity contribution is -0.137. The Hall–Kier alpha value is -2.47. The summed E-state index contributed by atoms with van der Waals surface area (Å²) < 4.78 is 6.29. The highest BCUT2D eigenvalue weighted by Gasteiger charge is 2.10. The normalized spacial score (nSPS) is 10.8. The van der Waals surface area contributed by atoms with Gasteiger partial charge in [0.05, 0.1) is 11.4 Å². The first kappa shape index (κ1) is 16.4. The van der Waals surface area contributed by atoms with E-state index in [9.17, 15) is 4.79 Å². The van der Waals surface area contributed by atoms with Crippen LogP contribution < -0.4 is 10.1 Å². The summed E-state index contributed by atoms with van der Waals surface area (Å²) in [5, 5.41) is 4.15. The predicted molar refractivity (Wildman–Crippen MR) is 97.4 cm³/mol. The maximum absolute atomic E-state index is 11.7. The number of nitrogens with one attached hydrogen (secondary N) is 1. The molecule has 1 aromatic heterocycles. The molecule has 0 saturated heterocycles. The topological polar surface area (TPSA) is 64.1 Å². The Kier molecular flexibility index (Phi) is 4.76. The highest BCUT2D eigenvalue weighted by atomic mass is 79.9. The minimum Gasteiger partial charge on any atom is -0.426 e. The van der Waals surface area contributed by atoms with Crippen LogP contribution in [0.15, 0.2) is 53.3 Å². The number of halogens is 1.